The van der Waals surface area contributed by atoms with E-state index in [1.54, 1.807) is 7.11 Å². The Bertz CT molecular complexity index is 686. The Morgan fingerprint density at radius 1 is 1.38 bits per heavy atom. The molecule has 128 valence electrons. The fourth-order valence-electron chi connectivity index (χ4n) is 3.05. The molecule has 6 nitrogen and oxygen atoms in total. The fraction of sp³-hybridized carbons (Fsp3) is 0.471. The summed E-state index contributed by atoms with van der Waals surface area (Å²) >= 11 is 5.96. The van der Waals surface area contributed by atoms with Crippen molar-refractivity contribution in [2.24, 2.45) is 5.92 Å². The molecule has 1 aliphatic rings. The third-order valence-corrected chi connectivity index (χ3v) is 4.69. The third-order valence-electron chi connectivity index (χ3n) is 4.44. The summed E-state index contributed by atoms with van der Waals surface area (Å²) in [4.78, 5) is 12.7. The number of amides is 1. The van der Waals surface area contributed by atoms with Gasteiger partial charge in [0.15, 0.2) is 0 Å². The number of halogens is 1. The monoisotopic (exact) mass is 348 g/mol. The van der Waals surface area contributed by atoms with Gasteiger partial charge in [0.1, 0.15) is 0 Å². The van der Waals surface area contributed by atoms with Crippen LogP contribution in [0.5, 0.6) is 0 Å². The molecular formula is C17H21ClN4O2. The lowest BCUT2D eigenvalue weighted by atomic mass is 9.88. The number of aromatic amines is 1. The maximum atomic E-state index is 12.7. The maximum absolute atomic E-state index is 12.7. The standard InChI is InChI=1S/C17H21ClN4O2/c1-24-9-8-14(11-2-5-13(18)6-3-11)19-17(23)12-4-7-15-16(10-12)21-22-20-15/h2-3,5-6,12,14H,4,7-10H2,1H3,(H,19,23)(H,20,21,22)/t12-,14+/m0/s1. The van der Waals surface area contributed by atoms with Gasteiger partial charge < -0.3 is 10.1 Å². The van der Waals surface area contributed by atoms with Crippen molar-refractivity contribution in [2.45, 2.75) is 31.7 Å². The number of hydrogen-bond acceptors (Lipinski definition) is 4. The fourth-order valence-corrected chi connectivity index (χ4v) is 3.18. The van der Waals surface area contributed by atoms with Gasteiger partial charge in [0.05, 0.1) is 17.4 Å². The van der Waals surface area contributed by atoms with Gasteiger partial charge >= 0.3 is 0 Å². The van der Waals surface area contributed by atoms with E-state index in [1.807, 2.05) is 24.3 Å². The molecular weight excluding hydrogens is 328 g/mol. The van der Waals surface area contributed by atoms with E-state index in [2.05, 4.69) is 20.7 Å². The minimum Gasteiger partial charge on any atom is -0.385 e. The van der Waals surface area contributed by atoms with E-state index in [0.29, 0.717) is 24.5 Å². The molecule has 0 unspecified atom stereocenters. The highest BCUT2D eigenvalue weighted by molar-refractivity contribution is 6.30. The van der Waals surface area contributed by atoms with Crippen molar-refractivity contribution in [3.05, 3.63) is 46.2 Å². The first-order chi connectivity index (χ1) is 11.7. The summed E-state index contributed by atoms with van der Waals surface area (Å²) in [6, 6.07) is 7.48. The Balaban J connectivity index is 1.68. The highest BCUT2D eigenvalue weighted by Crippen LogP contribution is 2.25. The number of benzene rings is 1. The molecule has 1 aliphatic carbocycles. The van der Waals surface area contributed by atoms with E-state index in [0.717, 1.165) is 29.8 Å². The van der Waals surface area contributed by atoms with Crippen molar-refractivity contribution in [1.82, 2.24) is 20.7 Å². The number of nitrogens with zero attached hydrogens (tertiary/aromatic N) is 2. The van der Waals surface area contributed by atoms with E-state index < -0.39 is 0 Å². The molecule has 24 heavy (non-hydrogen) atoms. The molecule has 1 aromatic carbocycles. The summed E-state index contributed by atoms with van der Waals surface area (Å²) < 4.78 is 5.18. The van der Waals surface area contributed by atoms with Crippen LogP contribution in [0.3, 0.4) is 0 Å². The summed E-state index contributed by atoms with van der Waals surface area (Å²) in [5.41, 5.74) is 2.91. The Morgan fingerprint density at radius 3 is 2.88 bits per heavy atom. The van der Waals surface area contributed by atoms with Crippen LogP contribution in [0.1, 0.15) is 35.8 Å². The van der Waals surface area contributed by atoms with E-state index in [9.17, 15) is 4.79 Å². The van der Waals surface area contributed by atoms with Crippen molar-refractivity contribution >= 4 is 17.5 Å². The van der Waals surface area contributed by atoms with E-state index in [-0.39, 0.29) is 17.9 Å². The van der Waals surface area contributed by atoms with Gasteiger partial charge in [-0.2, -0.15) is 15.4 Å². The number of aryl methyl sites for hydroxylation is 1. The van der Waals surface area contributed by atoms with Gasteiger partial charge in [0, 0.05) is 31.1 Å². The van der Waals surface area contributed by atoms with E-state index in [1.165, 1.54) is 0 Å². The quantitative estimate of drug-likeness (QED) is 0.840. The second kappa shape index (κ2) is 7.77. The summed E-state index contributed by atoms with van der Waals surface area (Å²) in [6.07, 6.45) is 2.93. The molecule has 1 heterocycles. The first kappa shape index (κ1) is 16.9. The zero-order chi connectivity index (χ0) is 16.9. The molecule has 0 fully saturated rings. The zero-order valence-corrected chi connectivity index (χ0v) is 14.3. The van der Waals surface area contributed by atoms with Crippen LogP contribution in [0.2, 0.25) is 5.02 Å². The number of rotatable bonds is 6. The van der Waals surface area contributed by atoms with Crippen LogP contribution in [-0.2, 0) is 22.4 Å². The van der Waals surface area contributed by atoms with Gasteiger partial charge in [-0.05, 0) is 37.0 Å². The van der Waals surface area contributed by atoms with Crippen LogP contribution in [-0.4, -0.2) is 35.0 Å². The highest BCUT2D eigenvalue weighted by Gasteiger charge is 2.28. The number of carbonyl (C=O) groups is 1. The van der Waals surface area contributed by atoms with Gasteiger partial charge in [-0.1, -0.05) is 23.7 Å². The number of H-pyrrole nitrogens is 1. The predicted molar refractivity (Wildman–Crippen MR) is 90.7 cm³/mol. The Kier molecular flexibility index (Phi) is 5.48. The minimum atomic E-state index is -0.0894. The van der Waals surface area contributed by atoms with Crippen LogP contribution < -0.4 is 5.32 Å². The molecule has 0 aliphatic heterocycles. The number of methoxy groups -OCH3 is 1. The van der Waals surface area contributed by atoms with Crippen LogP contribution in [0, 0.1) is 5.92 Å². The Labute approximate surface area is 145 Å². The van der Waals surface area contributed by atoms with Gasteiger partial charge in [-0.25, -0.2) is 0 Å². The van der Waals surface area contributed by atoms with Crippen molar-refractivity contribution in [2.75, 3.05) is 13.7 Å². The van der Waals surface area contributed by atoms with Gasteiger partial charge in [0.25, 0.3) is 0 Å². The first-order valence-corrected chi connectivity index (χ1v) is 8.48. The molecule has 2 aromatic rings. The molecule has 7 heteroatoms. The Morgan fingerprint density at radius 2 is 2.12 bits per heavy atom. The lowest BCUT2D eigenvalue weighted by Crippen LogP contribution is -2.37. The molecule has 0 saturated carbocycles. The summed E-state index contributed by atoms with van der Waals surface area (Å²) in [6.45, 7) is 0.575. The molecule has 1 amide bonds. The van der Waals surface area contributed by atoms with Crippen LogP contribution >= 0.6 is 11.6 Å². The SMILES string of the molecule is COCC[C@@H](NC(=O)[C@H]1CCc2n[nH]nc2C1)c1ccc(Cl)cc1. The van der Waals surface area contributed by atoms with Crippen molar-refractivity contribution in [3.8, 4) is 0 Å². The molecule has 2 N–H and O–H groups in total. The molecule has 0 radical (unpaired) electrons. The average molecular weight is 349 g/mol. The highest BCUT2D eigenvalue weighted by atomic mass is 35.5. The maximum Gasteiger partial charge on any atom is 0.224 e. The topological polar surface area (TPSA) is 79.9 Å². The van der Waals surface area contributed by atoms with Gasteiger partial charge in [-0.3, -0.25) is 4.79 Å². The number of nitrogens with one attached hydrogen (secondary N) is 2. The molecule has 0 saturated heterocycles. The zero-order valence-electron chi connectivity index (χ0n) is 13.6. The largest absolute Gasteiger partial charge is 0.385 e. The van der Waals surface area contributed by atoms with Gasteiger partial charge in [-0.15, -0.1) is 0 Å². The summed E-state index contributed by atoms with van der Waals surface area (Å²) in [7, 11) is 1.66. The summed E-state index contributed by atoms with van der Waals surface area (Å²) in [5, 5.41) is 14.7. The van der Waals surface area contributed by atoms with Crippen molar-refractivity contribution in [3.63, 3.8) is 0 Å². The predicted octanol–water partition coefficient (Wildman–Crippen LogP) is 2.46. The number of hydrogen-bond donors (Lipinski definition) is 2. The first-order valence-electron chi connectivity index (χ1n) is 8.10. The van der Waals surface area contributed by atoms with Crippen molar-refractivity contribution in [1.29, 1.82) is 0 Å². The lowest BCUT2D eigenvalue weighted by Gasteiger charge is -2.24. The molecule has 0 spiro atoms. The lowest BCUT2D eigenvalue weighted by molar-refractivity contribution is -0.126. The smallest absolute Gasteiger partial charge is 0.224 e. The Hall–Kier alpha value is -1.92. The summed E-state index contributed by atoms with van der Waals surface area (Å²) in [5.74, 6) is -0.0142. The van der Waals surface area contributed by atoms with Crippen molar-refractivity contribution < 1.29 is 9.53 Å². The molecule has 0 bridgehead atoms. The number of aromatic nitrogens is 3. The van der Waals surface area contributed by atoms with Crippen LogP contribution in [0.15, 0.2) is 24.3 Å². The second-order valence-electron chi connectivity index (χ2n) is 6.05. The number of fused-ring (bicyclic) bond motifs is 1. The van der Waals surface area contributed by atoms with E-state index >= 15 is 0 Å². The minimum absolute atomic E-state index is 0.0553. The van der Waals surface area contributed by atoms with Crippen LogP contribution in [0.4, 0.5) is 0 Å². The number of carbonyl (C=O) groups excluding carboxylic acids is 1. The normalized spacial score (nSPS) is 18.0. The average Bonchev–Trinajstić information content (AvgIpc) is 3.07. The van der Waals surface area contributed by atoms with Crippen LogP contribution in [0.25, 0.3) is 0 Å². The molecule has 1 aromatic heterocycles. The van der Waals surface area contributed by atoms with Gasteiger partial charge in [0.2, 0.25) is 5.91 Å². The number of ether oxygens (including phenoxy) is 1. The molecule has 2 atom stereocenters. The van der Waals surface area contributed by atoms with E-state index in [4.69, 9.17) is 16.3 Å². The third kappa shape index (κ3) is 3.94. The molecule has 3 rings (SSSR count). The second-order valence-corrected chi connectivity index (χ2v) is 6.49.